The SMILES string of the molecule is Cc1cc(CNC(=O)NC(C)c2cccc(C)c2C)c(C)o1. The van der Waals surface area contributed by atoms with E-state index in [0.29, 0.717) is 6.54 Å². The molecule has 0 radical (unpaired) electrons. The topological polar surface area (TPSA) is 54.3 Å². The lowest BCUT2D eigenvalue weighted by atomic mass is 9.98. The molecule has 2 aromatic rings. The lowest BCUT2D eigenvalue weighted by Crippen LogP contribution is -2.36. The molecule has 1 atom stereocenters. The molecule has 0 spiro atoms. The second-order valence-corrected chi connectivity index (χ2v) is 5.78. The van der Waals surface area contributed by atoms with E-state index in [9.17, 15) is 4.79 Å². The minimum Gasteiger partial charge on any atom is -0.466 e. The van der Waals surface area contributed by atoms with Crippen molar-refractivity contribution in [3.05, 3.63) is 58.0 Å². The largest absolute Gasteiger partial charge is 0.466 e. The minimum atomic E-state index is -0.174. The first kappa shape index (κ1) is 16.1. The van der Waals surface area contributed by atoms with Gasteiger partial charge in [0.1, 0.15) is 11.5 Å². The molecule has 2 N–H and O–H groups in total. The molecule has 1 aromatic carbocycles. The predicted octanol–water partition coefficient (Wildman–Crippen LogP) is 4.07. The zero-order chi connectivity index (χ0) is 16.3. The maximum absolute atomic E-state index is 12.1. The molecule has 1 heterocycles. The fraction of sp³-hybridized carbons (Fsp3) is 0.389. The van der Waals surface area contributed by atoms with Gasteiger partial charge in [0.25, 0.3) is 0 Å². The van der Waals surface area contributed by atoms with Gasteiger partial charge >= 0.3 is 6.03 Å². The first-order chi connectivity index (χ1) is 10.4. The van der Waals surface area contributed by atoms with Crippen LogP contribution in [-0.4, -0.2) is 6.03 Å². The van der Waals surface area contributed by atoms with Gasteiger partial charge in [0.15, 0.2) is 0 Å². The van der Waals surface area contributed by atoms with Crippen molar-refractivity contribution < 1.29 is 9.21 Å². The summed E-state index contributed by atoms with van der Waals surface area (Å²) < 4.78 is 5.45. The van der Waals surface area contributed by atoms with Crippen molar-refractivity contribution in [3.63, 3.8) is 0 Å². The highest BCUT2D eigenvalue weighted by Gasteiger charge is 2.13. The standard InChI is InChI=1S/C18H24N2O2/c1-11-7-6-8-17(13(11)3)14(4)20-18(21)19-10-16-9-12(2)22-15(16)5/h6-9,14H,10H2,1-5H3,(H2,19,20,21). The van der Waals surface area contributed by atoms with Gasteiger partial charge in [-0.15, -0.1) is 0 Å². The van der Waals surface area contributed by atoms with Gasteiger partial charge in [0.2, 0.25) is 0 Å². The van der Waals surface area contributed by atoms with E-state index in [1.807, 2.05) is 32.9 Å². The Morgan fingerprint density at radius 3 is 2.59 bits per heavy atom. The molecule has 118 valence electrons. The van der Waals surface area contributed by atoms with Crippen molar-refractivity contribution in [3.8, 4) is 0 Å². The molecule has 4 nitrogen and oxygen atoms in total. The molecular weight excluding hydrogens is 276 g/mol. The van der Waals surface area contributed by atoms with Gasteiger partial charge < -0.3 is 15.1 Å². The minimum absolute atomic E-state index is 0.0351. The van der Waals surface area contributed by atoms with Crippen LogP contribution >= 0.6 is 0 Å². The third kappa shape index (κ3) is 3.70. The predicted molar refractivity (Wildman–Crippen MR) is 87.9 cm³/mol. The monoisotopic (exact) mass is 300 g/mol. The molecule has 0 aliphatic heterocycles. The first-order valence-electron chi connectivity index (χ1n) is 7.55. The van der Waals surface area contributed by atoms with E-state index < -0.39 is 0 Å². The Labute approximate surface area is 131 Å². The first-order valence-corrected chi connectivity index (χ1v) is 7.55. The molecule has 0 saturated heterocycles. The summed E-state index contributed by atoms with van der Waals surface area (Å²) in [6, 6.07) is 7.89. The molecule has 0 aliphatic carbocycles. The van der Waals surface area contributed by atoms with Crippen LogP contribution in [0.15, 0.2) is 28.7 Å². The number of rotatable bonds is 4. The fourth-order valence-corrected chi connectivity index (χ4v) is 2.60. The zero-order valence-corrected chi connectivity index (χ0v) is 13.9. The molecule has 0 fully saturated rings. The summed E-state index contributed by atoms with van der Waals surface area (Å²) in [4.78, 5) is 12.1. The van der Waals surface area contributed by atoms with Crippen LogP contribution in [0.1, 0.15) is 46.7 Å². The van der Waals surface area contributed by atoms with Crippen molar-refractivity contribution in [2.75, 3.05) is 0 Å². The summed E-state index contributed by atoms with van der Waals surface area (Å²) in [6.45, 7) is 10.4. The summed E-state index contributed by atoms with van der Waals surface area (Å²) in [5.41, 5.74) is 4.60. The zero-order valence-electron chi connectivity index (χ0n) is 13.9. The van der Waals surface area contributed by atoms with Gasteiger partial charge in [-0.25, -0.2) is 4.79 Å². The molecule has 1 unspecified atom stereocenters. The molecule has 0 bridgehead atoms. The Kier molecular flexibility index (Phi) is 4.91. The van der Waals surface area contributed by atoms with Crippen LogP contribution in [0.5, 0.6) is 0 Å². The van der Waals surface area contributed by atoms with Crippen LogP contribution in [0.4, 0.5) is 4.79 Å². The number of hydrogen-bond donors (Lipinski definition) is 2. The normalized spacial score (nSPS) is 12.0. The van der Waals surface area contributed by atoms with E-state index in [1.165, 1.54) is 11.1 Å². The van der Waals surface area contributed by atoms with Crippen LogP contribution in [0.25, 0.3) is 0 Å². The van der Waals surface area contributed by atoms with E-state index in [1.54, 1.807) is 0 Å². The van der Waals surface area contributed by atoms with E-state index >= 15 is 0 Å². The third-order valence-electron chi connectivity index (χ3n) is 4.04. The molecule has 2 amide bonds. The van der Waals surface area contributed by atoms with Gasteiger partial charge in [0.05, 0.1) is 6.04 Å². The number of carbonyl (C=O) groups is 1. The number of amides is 2. The van der Waals surface area contributed by atoms with E-state index in [0.717, 1.165) is 22.6 Å². The second-order valence-electron chi connectivity index (χ2n) is 5.78. The van der Waals surface area contributed by atoms with Crippen molar-refractivity contribution in [1.82, 2.24) is 10.6 Å². The second kappa shape index (κ2) is 6.69. The molecular formula is C18H24N2O2. The average molecular weight is 300 g/mol. The van der Waals surface area contributed by atoms with Crippen molar-refractivity contribution in [1.29, 1.82) is 0 Å². The number of hydrogen-bond acceptors (Lipinski definition) is 2. The lowest BCUT2D eigenvalue weighted by Gasteiger charge is -2.18. The van der Waals surface area contributed by atoms with Crippen LogP contribution in [0.3, 0.4) is 0 Å². The number of carbonyl (C=O) groups excluding carboxylic acids is 1. The van der Waals surface area contributed by atoms with Gasteiger partial charge in [-0.2, -0.15) is 0 Å². The molecule has 0 aliphatic rings. The fourth-order valence-electron chi connectivity index (χ4n) is 2.60. The van der Waals surface area contributed by atoms with Crippen molar-refractivity contribution in [2.45, 2.75) is 47.2 Å². The lowest BCUT2D eigenvalue weighted by molar-refractivity contribution is 0.237. The highest BCUT2D eigenvalue weighted by Crippen LogP contribution is 2.20. The smallest absolute Gasteiger partial charge is 0.315 e. The maximum atomic E-state index is 12.1. The van der Waals surface area contributed by atoms with Crippen LogP contribution in [0.2, 0.25) is 0 Å². The third-order valence-corrected chi connectivity index (χ3v) is 4.04. The summed E-state index contributed by atoms with van der Waals surface area (Å²) >= 11 is 0. The summed E-state index contributed by atoms with van der Waals surface area (Å²) in [5.74, 6) is 1.71. The molecule has 4 heteroatoms. The van der Waals surface area contributed by atoms with Crippen molar-refractivity contribution in [2.24, 2.45) is 0 Å². The van der Waals surface area contributed by atoms with E-state index in [-0.39, 0.29) is 12.1 Å². The average Bonchev–Trinajstić information content (AvgIpc) is 2.77. The number of nitrogens with one attached hydrogen (secondary N) is 2. The summed E-state index contributed by atoms with van der Waals surface area (Å²) in [6.07, 6.45) is 0. The Bertz CT molecular complexity index is 674. The van der Waals surface area contributed by atoms with Crippen LogP contribution in [0, 0.1) is 27.7 Å². The summed E-state index contributed by atoms with van der Waals surface area (Å²) in [5, 5.41) is 5.86. The number of aryl methyl sites for hydroxylation is 3. The van der Waals surface area contributed by atoms with Gasteiger partial charge in [0, 0.05) is 12.1 Å². The number of furan rings is 1. The van der Waals surface area contributed by atoms with Gasteiger partial charge in [-0.3, -0.25) is 0 Å². The van der Waals surface area contributed by atoms with Gasteiger partial charge in [-0.05, 0) is 57.4 Å². The highest BCUT2D eigenvalue weighted by atomic mass is 16.3. The van der Waals surface area contributed by atoms with Gasteiger partial charge in [-0.1, -0.05) is 18.2 Å². The Morgan fingerprint density at radius 1 is 1.23 bits per heavy atom. The van der Waals surface area contributed by atoms with Crippen LogP contribution < -0.4 is 10.6 Å². The molecule has 22 heavy (non-hydrogen) atoms. The maximum Gasteiger partial charge on any atom is 0.315 e. The van der Waals surface area contributed by atoms with E-state index in [2.05, 4.69) is 36.6 Å². The Morgan fingerprint density at radius 2 is 1.95 bits per heavy atom. The Hall–Kier alpha value is -2.23. The number of benzene rings is 1. The van der Waals surface area contributed by atoms with E-state index in [4.69, 9.17) is 4.42 Å². The molecule has 0 saturated carbocycles. The van der Waals surface area contributed by atoms with Crippen molar-refractivity contribution >= 4 is 6.03 Å². The summed E-state index contributed by atoms with van der Waals surface area (Å²) in [7, 11) is 0. The quantitative estimate of drug-likeness (QED) is 0.894. The number of urea groups is 1. The molecule has 2 rings (SSSR count). The Balaban J connectivity index is 1.94. The highest BCUT2D eigenvalue weighted by molar-refractivity contribution is 5.74. The van der Waals surface area contributed by atoms with Crippen LogP contribution in [-0.2, 0) is 6.54 Å². The molecule has 1 aromatic heterocycles.